The third-order valence-electron chi connectivity index (χ3n) is 5.03. The van der Waals surface area contributed by atoms with Crippen molar-refractivity contribution < 1.29 is 5.11 Å². The topological polar surface area (TPSA) is 20.2 Å². The fraction of sp³-hybridized carbons (Fsp3) is 0.579. The highest BCUT2D eigenvalue weighted by atomic mass is 32.1. The maximum absolute atomic E-state index is 10.7. The minimum Gasteiger partial charge on any atom is -0.392 e. The third kappa shape index (κ3) is 3.49. The predicted molar refractivity (Wildman–Crippen MR) is 96.9 cm³/mol. The molecule has 1 N–H and O–H groups in total. The first-order valence-corrected chi connectivity index (χ1v) is 9.14. The lowest BCUT2D eigenvalue weighted by molar-refractivity contribution is 0.108. The van der Waals surface area contributed by atoms with Crippen LogP contribution in [-0.2, 0) is 0 Å². The van der Waals surface area contributed by atoms with Crippen molar-refractivity contribution in [2.24, 2.45) is 23.7 Å². The smallest absolute Gasteiger partial charge is 0.0609 e. The molecule has 5 atom stereocenters. The molecule has 0 aromatic heterocycles. The van der Waals surface area contributed by atoms with E-state index in [2.05, 4.69) is 57.0 Å². The molecule has 116 valence electrons. The predicted octanol–water partition coefficient (Wildman–Crippen LogP) is 4.45. The Labute approximate surface area is 133 Å². The summed E-state index contributed by atoms with van der Waals surface area (Å²) in [5.41, 5.74) is 1.40. The van der Waals surface area contributed by atoms with E-state index in [1.165, 1.54) is 10.4 Å². The average Bonchev–Trinajstić information content (AvgIpc) is 2.46. The summed E-state index contributed by atoms with van der Waals surface area (Å²) in [5, 5.41) is 10.7. The SMILES string of the molecule is C=S=C1C2C=CC=CC(CC)C(=C2)C(C)C(O)CC1CC. The van der Waals surface area contributed by atoms with Gasteiger partial charge in [0.05, 0.1) is 6.10 Å². The number of hydrogen-bond acceptors (Lipinski definition) is 1. The Balaban J connectivity index is 2.55. The van der Waals surface area contributed by atoms with E-state index in [1.54, 1.807) is 10.9 Å². The highest BCUT2D eigenvalue weighted by molar-refractivity contribution is 7.96. The second-order valence-electron chi connectivity index (χ2n) is 6.22. The lowest BCUT2D eigenvalue weighted by Gasteiger charge is -2.34. The minimum atomic E-state index is -0.254. The summed E-state index contributed by atoms with van der Waals surface area (Å²) in [7, 11) is 1.63. The summed E-state index contributed by atoms with van der Waals surface area (Å²) in [6, 6.07) is 0. The van der Waals surface area contributed by atoms with Gasteiger partial charge in [0.1, 0.15) is 0 Å². The molecule has 0 radical (unpaired) electrons. The molecule has 0 fully saturated rings. The van der Waals surface area contributed by atoms with Crippen LogP contribution in [0.5, 0.6) is 0 Å². The highest BCUT2D eigenvalue weighted by Crippen LogP contribution is 2.36. The molecule has 2 rings (SSSR count). The van der Waals surface area contributed by atoms with Crippen molar-refractivity contribution in [2.45, 2.75) is 46.1 Å². The molecular formula is C19H28OS. The fourth-order valence-corrected chi connectivity index (χ4v) is 4.44. The summed E-state index contributed by atoms with van der Waals surface area (Å²) in [5.74, 6) is 5.55. The molecule has 0 spiro atoms. The van der Waals surface area contributed by atoms with E-state index in [4.69, 9.17) is 0 Å². The van der Waals surface area contributed by atoms with Crippen LogP contribution < -0.4 is 0 Å². The van der Waals surface area contributed by atoms with Crippen LogP contribution in [-0.4, -0.2) is 21.9 Å². The van der Waals surface area contributed by atoms with Gasteiger partial charge in [0.25, 0.3) is 0 Å². The van der Waals surface area contributed by atoms with E-state index >= 15 is 0 Å². The van der Waals surface area contributed by atoms with E-state index in [0.717, 1.165) is 19.3 Å². The molecule has 1 nitrogen and oxygen atoms in total. The first kappa shape index (κ1) is 16.5. The van der Waals surface area contributed by atoms with Gasteiger partial charge in [-0.1, -0.05) is 56.7 Å². The van der Waals surface area contributed by atoms with Gasteiger partial charge in [-0.2, -0.15) is 10.9 Å². The van der Waals surface area contributed by atoms with Gasteiger partial charge in [-0.05, 0) is 41.8 Å². The third-order valence-corrected chi connectivity index (χ3v) is 5.97. The summed E-state index contributed by atoms with van der Waals surface area (Å²) in [6.07, 6.45) is 14.1. The van der Waals surface area contributed by atoms with E-state index in [1.807, 2.05) is 0 Å². The van der Waals surface area contributed by atoms with Gasteiger partial charge in [0, 0.05) is 11.8 Å². The van der Waals surface area contributed by atoms with Gasteiger partial charge in [-0.15, -0.1) is 0 Å². The van der Waals surface area contributed by atoms with E-state index in [-0.39, 0.29) is 12.0 Å². The molecule has 0 amide bonds. The molecule has 21 heavy (non-hydrogen) atoms. The highest BCUT2D eigenvalue weighted by Gasteiger charge is 2.31. The summed E-state index contributed by atoms with van der Waals surface area (Å²) in [6.45, 7) is 6.62. The normalized spacial score (nSPS) is 36.3. The van der Waals surface area contributed by atoms with Crippen molar-refractivity contribution in [2.75, 3.05) is 0 Å². The van der Waals surface area contributed by atoms with Gasteiger partial charge in [-0.25, -0.2) is 0 Å². The Morgan fingerprint density at radius 3 is 2.57 bits per heavy atom. The van der Waals surface area contributed by atoms with Crippen molar-refractivity contribution in [1.29, 1.82) is 0 Å². The van der Waals surface area contributed by atoms with Crippen LogP contribution >= 0.6 is 10.9 Å². The number of hydrogen-bond donors (Lipinski definition) is 1. The summed E-state index contributed by atoms with van der Waals surface area (Å²) >= 11 is 0. The van der Waals surface area contributed by atoms with Gasteiger partial charge in [-0.3, -0.25) is 0 Å². The van der Waals surface area contributed by atoms with Crippen molar-refractivity contribution in [3.8, 4) is 0 Å². The Morgan fingerprint density at radius 2 is 1.95 bits per heavy atom. The Hall–Kier alpha value is -0.860. The Bertz CT molecular complexity index is 508. The van der Waals surface area contributed by atoms with Crippen molar-refractivity contribution in [3.63, 3.8) is 0 Å². The van der Waals surface area contributed by atoms with Gasteiger partial charge in [0.2, 0.25) is 0 Å². The van der Waals surface area contributed by atoms with Crippen LogP contribution in [0.25, 0.3) is 0 Å². The molecule has 2 bridgehead atoms. The van der Waals surface area contributed by atoms with Crippen LogP contribution in [0.4, 0.5) is 0 Å². The quantitative estimate of drug-likeness (QED) is 0.590. The lowest BCUT2D eigenvalue weighted by atomic mass is 9.74. The van der Waals surface area contributed by atoms with Crippen molar-refractivity contribution in [1.82, 2.24) is 0 Å². The zero-order valence-electron chi connectivity index (χ0n) is 13.5. The molecule has 0 saturated carbocycles. The molecular weight excluding hydrogens is 276 g/mol. The average molecular weight is 304 g/mol. The molecule has 0 heterocycles. The van der Waals surface area contributed by atoms with Crippen LogP contribution in [0.15, 0.2) is 36.0 Å². The molecule has 5 unspecified atom stereocenters. The van der Waals surface area contributed by atoms with Gasteiger partial charge in [0.15, 0.2) is 0 Å². The lowest BCUT2D eigenvalue weighted by Crippen LogP contribution is -2.33. The fourth-order valence-electron chi connectivity index (χ4n) is 3.61. The number of fused-ring (bicyclic) bond motifs is 1. The molecule has 0 aromatic rings. The molecule has 2 heteroatoms. The van der Waals surface area contributed by atoms with Gasteiger partial charge >= 0.3 is 0 Å². The Morgan fingerprint density at radius 1 is 1.24 bits per heavy atom. The molecule has 2 aliphatic rings. The van der Waals surface area contributed by atoms with E-state index < -0.39 is 0 Å². The number of allylic oxidation sites excluding steroid dienone is 5. The van der Waals surface area contributed by atoms with E-state index in [9.17, 15) is 5.11 Å². The summed E-state index contributed by atoms with van der Waals surface area (Å²) < 4.78 is 0. The molecule has 0 saturated heterocycles. The number of rotatable bonds is 2. The van der Waals surface area contributed by atoms with Crippen LogP contribution in [0, 0.1) is 23.7 Å². The maximum Gasteiger partial charge on any atom is 0.0609 e. The molecule has 0 aromatic carbocycles. The maximum atomic E-state index is 10.7. The zero-order valence-corrected chi connectivity index (χ0v) is 14.3. The van der Waals surface area contributed by atoms with Crippen LogP contribution in [0.1, 0.15) is 40.0 Å². The standard InChI is InChI=1S/C19H28OS/c1-5-14-9-7-8-10-16-11-17(14)13(3)18(20)12-15(6-2)19(16)21-4/h7-11,13-16,18,20H,4-6,12H2,1-3H3. The minimum absolute atomic E-state index is 0.235. The van der Waals surface area contributed by atoms with Gasteiger partial charge < -0.3 is 5.11 Å². The number of aliphatic hydroxyl groups is 1. The number of aliphatic hydroxyl groups excluding tert-OH is 1. The second-order valence-corrected chi connectivity index (χ2v) is 6.98. The summed E-state index contributed by atoms with van der Waals surface area (Å²) in [4.78, 5) is 1.40. The van der Waals surface area contributed by atoms with Crippen molar-refractivity contribution >= 4 is 21.7 Å². The largest absolute Gasteiger partial charge is 0.392 e. The second kappa shape index (κ2) is 7.42. The Kier molecular flexibility index (Phi) is 5.83. The van der Waals surface area contributed by atoms with Crippen LogP contribution in [0.3, 0.4) is 0 Å². The van der Waals surface area contributed by atoms with E-state index in [0.29, 0.717) is 17.8 Å². The van der Waals surface area contributed by atoms with Crippen molar-refractivity contribution in [3.05, 3.63) is 36.0 Å². The molecule has 0 aliphatic heterocycles. The zero-order chi connectivity index (χ0) is 15.4. The van der Waals surface area contributed by atoms with Crippen LogP contribution in [0.2, 0.25) is 0 Å². The molecule has 2 aliphatic carbocycles. The monoisotopic (exact) mass is 304 g/mol. The first-order valence-electron chi connectivity index (χ1n) is 8.15. The first-order chi connectivity index (χ1) is 10.1.